The van der Waals surface area contributed by atoms with Gasteiger partial charge in [0.1, 0.15) is 6.54 Å². The Bertz CT molecular complexity index is 1250. The number of rotatable bonds is 4. The maximum Gasteiger partial charge on any atom is 0.236 e. The Labute approximate surface area is 161 Å². The fourth-order valence-corrected chi connectivity index (χ4v) is 3.47. The van der Waals surface area contributed by atoms with Gasteiger partial charge in [0, 0.05) is 35.8 Å². The first kappa shape index (κ1) is 16.4. The number of aromatic nitrogens is 5. The Hall–Kier alpha value is -3.80. The van der Waals surface area contributed by atoms with Crippen molar-refractivity contribution in [3.8, 4) is 22.5 Å². The van der Waals surface area contributed by atoms with Crippen molar-refractivity contribution < 1.29 is 4.42 Å². The minimum absolute atomic E-state index is 0.456. The topological polar surface area (TPSA) is 69.6 Å². The molecule has 0 amide bonds. The zero-order valence-corrected chi connectivity index (χ0v) is 15.3. The van der Waals surface area contributed by atoms with Gasteiger partial charge in [0.2, 0.25) is 11.8 Å². The second-order valence-electron chi connectivity index (χ2n) is 6.55. The van der Waals surface area contributed by atoms with E-state index >= 15 is 0 Å². The van der Waals surface area contributed by atoms with E-state index < -0.39 is 0 Å². The summed E-state index contributed by atoms with van der Waals surface area (Å²) >= 11 is 0. The number of fused-ring (bicyclic) bond motifs is 1. The smallest absolute Gasteiger partial charge is 0.236 e. The molecular weight excluding hydrogens is 350 g/mol. The van der Waals surface area contributed by atoms with Crippen molar-refractivity contribution >= 4 is 10.8 Å². The molecule has 0 unspecified atom stereocenters. The van der Waals surface area contributed by atoms with Crippen molar-refractivity contribution in [1.82, 2.24) is 24.7 Å². The van der Waals surface area contributed by atoms with Crippen LogP contribution in [0.4, 0.5) is 0 Å². The summed E-state index contributed by atoms with van der Waals surface area (Å²) in [5.41, 5.74) is 4.08. The van der Waals surface area contributed by atoms with Crippen LogP contribution in [0.2, 0.25) is 0 Å². The van der Waals surface area contributed by atoms with Crippen LogP contribution in [0.3, 0.4) is 0 Å². The minimum Gasteiger partial charge on any atom is -0.424 e. The SMILES string of the molecule is Cc1nnc(Cn2cnc(-c3ccccc3)c2-c2cccc3cnccc23)o1. The number of hydrogen-bond donors (Lipinski definition) is 0. The monoisotopic (exact) mass is 367 g/mol. The molecular formula is C22H17N5O. The van der Waals surface area contributed by atoms with Gasteiger partial charge in [-0.25, -0.2) is 4.98 Å². The fourth-order valence-electron chi connectivity index (χ4n) is 3.47. The number of nitrogens with zero attached hydrogens (tertiary/aromatic N) is 5. The summed E-state index contributed by atoms with van der Waals surface area (Å²) in [7, 11) is 0. The average molecular weight is 367 g/mol. The van der Waals surface area contributed by atoms with Crippen molar-refractivity contribution in [3.63, 3.8) is 0 Å². The van der Waals surface area contributed by atoms with Gasteiger partial charge < -0.3 is 8.98 Å². The largest absolute Gasteiger partial charge is 0.424 e. The summed E-state index contributed by atoms with van der Waals surface area (Å²) < 4.78 is 7.66. The highest BCUT2D eigenvalue weighted by molar-refractivity contribution is 5.98. The van der Waals surface area contributed by atoms with Crippen LogP contribution in [0.5, 0.6) is 0 Å². The van der Waals surface area contributed by atoms with Gasteiger partial charge in [-0.15, -0.1) is 10.2 Å². The lowest BCUT2D eigenvalue weighted by Gasteiger charge is -2.12. The molecule has 0 spiro atoms. The van der Waals surface area contributed by atoms with E-state index in [2.05, 4.69) is 44.0 Å². The predicted octanol–water partition coefficient (Wildman–Crippen LogP) is 4.51. The summed E-state index contributed by atoms with van der Waals surface area (Å²) in [6, 6.07) is 18.4. The van der Waals surface area contributed by atoms with Crippen LogP contribution in [0.15, 0.2) is 77.7 Å². The number of imidazole rings is 1. The molecule has 0 aliphatic heterocycles. The van der Waals surface area contributed by atoms with E-state index in [0.29, 0.717) is 18.3 Å². The van der Waals surface area contributed by atoms with Crippen LogP contribution in [0.1, 0.15) is 11.8 Å². The molecule has 2 aromatic carbocycles. The molecule has 5 rings (SSSR count). The Kier molecular flexibility index (Phi) is 3.94. The molecule has 0 radical (unpaired) electrons. The van der Waals surface area contributed by atoms with Gasteiger partial charge in [0.05, 0.1) is 17.7 Å². The molecule has 0 aliphatic rings. The van der Waals surface area contributed by atoms with E-state index in [4.69, 9.17) is 9.40 Å². The molecule has 0 aliphatic carbocycles. The van der Waals surface area contributed by atoms with Crippen LogP contribution in [0, 0.1) is 6.92 Å². The van der Waals surface area contributed by atoms with E-state index in [0.717, 1.165) is 33.3 Å². The van der Waals surface area contributed by atoms with Gasteiger partial charge in [-0.3, -0.25) is 4.98 Å². The highest BCUT2D eigenvalue weighted by Gasteiger charge is 2.18. The number of hydrogen-bond acceptors (Lipinski definition) is 5. The van der Waals surface area contributed by atoms with E-state index in [1.807, 2.05) is 49.1 Å². The van der Waals surface area contributed by atoms with Gasteiger partial charge in [-0.2, -0.15) is 0 Å². The van der Waals surface area contributed by atoms with Crippen LogP contribution >= 0.6 is 0 Å². The molecule has 6 heteroatoms. The first-order chi connectivity index (χ1) is 13.8. The molecule has 5 aromatic rings. The van der Waals surface area contributed by atoms with Crippen LogP contribution in [-0.4, -0.2) is 24.7 Å². The van der Waals surface area contributed by atoms with Gasteiger partial charge in [-0.1, -0.05) is 48.5 Å². The highest BCUT2D eigenvalue weighted by atomic mass is 16.4. The lowest BCUT2D eigenvalue weighted by molar-refractivity contribution is 0.455. The number of pyridine rings is 1. The van der Waals surface area contributed by atoms with Crippen molar-refractivity contribution in [2.75, 3.05) is 0 Å². The average Bonchev–Trinajstić information content (AvgIpc) is 3.34. The third kappa shape index (κ3) is 2.85. The summed E-state index contributed by atoms with van der Waals surface area (Å²) in [4.78, 5) is 8.98. The molecule has 0 bridgehead atoms. The maximum absolute atomic E-state index is 5.60. The van der Waals surface area contributed by atoms with Gasteiger partial charge in [-0.05, 0) is 11.5 Å². The van der Waals surface area contributed by atoms with Crippen LogP contribution in [0.25, 0.3) is 33.3 Å². The lowest BCUT2D eigenvalue weighted by atomic mass is 10.00. The Morgan fingerprint density at radius 3 is 2.68 bits per heavy atom. The quantitative estimate of drug-likeness (QED) is 0.468. The van der Waals surface area contributed by atoms with Crippen molar-refractivity contribution in [1.29, 1.82) is 0 Å². The highest BCUT2D eigenvalue weighted by Crippen LogP contribution is 2.35. The second-order valence-corrected chi connectivity index (χ2v) is 6.55. The van der Waals surface area contributed by atoms with E-state index in [1.54, 1.807) is 6.92 Å². The van der Waals surface area contributed by atoms with Gasteiger partial charge in [0.25, 0.3) is 0 Å². The third-order valence-electron chi connectivity index (χ3n) is 4.69. The van der Waals surface area contributed by atoms with Crippen molar-refractivity contribution in [2.45, 2.75) is 13.5 Å². The molecule has 0 atom stereocenters. The van der Waals surface area contributed by atoms with E-state index in [1.165, 1.54) is 0 Å². The van der Waals surface area contributed by atoms with Crippen molar-refractivity contribution in [2.24, 2.45) is 0 Å². The summed E-state index contributed by atoms with van der Waals surface area (Å²) in [5.74, 6) is 1.11. The van der Waals surface area contributed by atoms with Crippen molar-refractivity contribution in [3.05, 3.63) is 85.1 Å². The molecule has 6 nitrogen and oxygen atoms in total. The standard InChI is InChI=1S/C22H17N5O/c1-15-25-26-20(28-15)13-27-14-24-21(16-6-3-2-4-7-16)22(27)19-9-5-8-17-12-23-11-10-18(17)19/h2-12,14H,13H2,1H3. The second kappa shape index (κ2) is 6.74. The summed E-state index contributed by atoms with van der Waals surface area (Å²) in [6.07, 6.45) is 5.52. The Balaban J connectivity index is 1.74. The summed E-state index contributed by atoms with van der Waals surface area (Å²) in [6.45, 7) is 2.25. The predicted molar refractivity (Wildman–Crippen MR) is 107 cm³/mol. The molecule has 0 saturated heterocycles. The lowest BCUT2D eigenvalue weighted by Crippen LogP contribution is -2.02. The van der Waals surface area contributed by atoms with E-state index in [9.17, 15) is 0 Å². The van der Waals surface area contributed by atoms with E-state index in [-0.39, 0.29) is 0 Å². The zero-order valence-electron chi connectivity index (χ0n) is 15.3. The first-order valence-electron chi connectivity index (χ1n) is 9.02. The van der Waals surface area contributed by atoms with Crippen LogP contribution < -0.4 is 0 Å². The fraction of sp³-hybridized carbons (Fsp3) is 0.0909. The molecule has 0 fully saturated rings. The van der Waals surface area contributed by atoms with Crippen LogP contribution in [-0.2, 0) is 6.54 Å². The van der Waals surface area contributed by atoms with Gasteiger partial charge in [0.15, 0.2) is 0 Å². The summed E-state index contributed by atoms with van der Waals surface area (Å²) in [5, 5.41) is 10.3. The molecule has 3 aromatic heterocycles. The Morgan fingerprint density at radius 1 is 0.964 bits per heavy atom. The number of aryl methyl sites for hydroxylation is 1. The van der Waals surface area contributed by atoms with Gasteiger partial charge >= 0.3 is 0 Å². The normalized spacial score (nSPS) is 11.2. The third-order valence-corrected chi connectivity index (χ3v) is 4.69. The zero-order chi connectivity index (χ0) is 18.9. The Morgan fingerprint density at radius 2 is 1.86 bits per heavy atom. The molecule has 28 heavy (non-hydrogen) atoms. The number of benzene rings is 2. The molecule has 3 heterocycles. The minimum atomic E-state index is 0.456. The molecule has 136 valence electrons. The first-order valence-corrected chi connectivity index (χ1v) is 9.02. The molecule has 0 saturated carbocycles. The molecule has 0 N–H and O–H groups in total. The maximum atomic E-state index is 5.60.